The third-order valence-corrected chi connectivity index (χ3v) is 11.8. The molecule has 0 amide bonds. The number of hydrogen-bond acceptors (Lipinski definition) is 3. The molecule has 2 aliphatic rings. The molecular formula is C47H54O3. The largest absolute Gasteiger partial charge is 0.300 e. The molecular weight excluding hydrogens is 613 g/mol. The smallest absolute Gasteiger partial charge is 0.135 e. The first-order chi connectivity index (χ1) is 24.4. The molecule has 0 saturated heterocycles. The normalized spacial score (nSPS) is 20.7. The minimum absolute atomic E-state index is 0.277. The van der Waals surface area contributed by atoms with Crippen molar-refractivity contribution in [2.45, 2.75) is 116 Å². The SMILES string of the molecule is CCC(=O)C1CCC(c2ccc(-c3ccc(CCC(=O)CCc4ccc(-c5ccc([C@H]6CC[C@H](C(=O)CC)CC6)cc5)cc4)cc3)cc2)CC1. The third-order valence-electron chi connectivity index (χ3n) is 11.8. The Hall–Kier alpha value is -4.11. The van der Waals surface area contributed by atoms with Crippen molar-refractivity contribution < 1.29 is 14.4 Å². The lowest BCUT2D eigenvalue weighted by Gasteiger charge is -2.28. The van der Waals surface area contributed by atoms with Crippen LogP contribution in [-0.2, 0) is 27.2 Å². The molecule has 2 saturated carbocycles. The summed E-state index contributed by atoms with van der Waals surface area (Å²) in [5.41, 5.74) is 10.0. The molecule has 0 radical (unpaired) electrons. The Labute approximate surface area is 299 Å². The maximum Gasteiger partial charge on any atom is 0.135 e. The van der Waals surface area contributed by atoms with Gasteiger partial charge in [-0.25, -0.2) is 0 Å². The van der Waals surface area contributed by atoms with Gasteiger partial charge in [-0.2, -0.15) is 0 Å². The second-order valence-electron chi connectivity index (χ2n) is 14.9. The van der Waals surface area contributed by atoms with Gasteiger partial charge in [-0.15, -0.1) is 0 Å². The average molecular weight is 667 g/mol. The van der Waals surface area contributed by atoms with Crippen LogP contribution >= 0.6 is 0 Å². The Balaban J connectivity index is 0.919. The highest BCUT2D eigenvalue weighted by Gasteiger charge is 2.27. The summed E-state index contributed by atoms with van der Waals surface area (Å²) in [5, 5.41) is 0. The van der Waals surface area contributed by atoms with Crippen molar-refractivity contribution >= 4 is 17.3 Å². The van der Waals surface area contributed by atoms with Crippen molar-refractivity contribution in [1.29, 1.82) is 0 Å². The van der Waals surface area contributed by atoms with Crippen LogP contribution in [0.1, 0.15) is 125 Å². The molecule has 4 aromatic carbocycles. The number of carbonyl (C=O) groups excluding carboxylic acids is 3. The van der Waals surface area contributed by atoms with Gasteiger partial charge in [0.05, 0.1) is 0 Å². The highest BCUT2D eigenvalue weighted by molar-refractivity contribution is 5.81. The quantitative estimate of drug-likeness (QED) is 0.135. The molecule has 0 aromatic heterocycles. The molecule has 3 nitrogen and oxygen atoms in total. The van der Waals surface area contributed by atoms with Crippen LogP contribution in [0.5, 0.6) is 0 Å². The fourth-order valence-electron chi connectivity index (χ4n) is 8.39. The van der Waals surface area contributed by atoms with Gasteiger partial charge in [0.15, 0.2) is 0 Å². The number of rotatable bonds is 14. The molecule has 6 rings (SSSR count). The Bertz CT molecular complexity index is 1570. The van der Waals surface area contributed by atoms with Gasteiger partial charge in [0, 0.05) is 37.5 Å². The number of ketones is 3. The van der Waals surface area contributed by atoms with E-state index >= 15 is 0 Å². The van der Waals surface area contributed by atoms with Crippen LogP contribution in [0.3, 0.4) is 0 Å². The van der Waals surface area contributed by atoms with Crippen molar-refractivity contribution in [1.82, 2.24) is 0 Å². The summed E-state index contributed by atoms with van der Waals surface area (Å²) in [6.45, 7) is 3.96. The summed E-state index contributed by atoms with van der Waals surface area (Å²) < 4.78 is 0. The van der Waals surface area contributed by atoms with Gasteiger partial charge in [-0.3, -0.25) is 14.4 Å². The van der Waals surface area contributed by atoms with Crippen LogP contribution in [0.15, 0.2) is 97.1 Å². The number of carbonyl (C=O) groups is 3. The van der Waals surface area contributed by atoms with Crippen molar-refractivity contribution in [3.63, 3.8) is 0 Å². The van der Waals surface area contributed by atoms with Crippen LogP contribution in [0.4, 0.5) is 0 Å². The van der Waals surface area contributed by atoms with E-state index in [4.69, 9.17) is 0 Å². The van der Waals surface area contributed by atoms with E-state index in [1.165, 1.54) is 44.5 Å². The van der Waals surface area contributed by atoms with E-state index in [0.717, 1.165) is 64.2 Å². The highest BCUT2D eigenvalue weighted by Crippen LogP contribution is 2.38. The van der Waals surface area contributed by atoms with Gasteiger partial charge in [0.2, 0.25) is 0 Å². The summed E-state index contributed by atoms with van der Waals surface area (Å²) in [6, 6.07) is 35.3. The molecule has 50 heavy (non-hydrogen) atoms. The molecule has 2 fully saturated rings. The summed E-state index contributed by atoms with van der Waals surface area (Å²) in [6.07, 6.45) is 12.6. The molecule has 260 valence electrons. The van der Waals surface area contributed by atoms with Crippen molar-refractivity contribution in [3.05, 3.63) is 119 Å². The Morgan fingerprint density at radius 3 is 1.04 bits per heavy atom. The van der Waals surface area contributed by atoms with Gasteiger partial charge < -0.3 is 0 Å². The molecule has 2 aliphatic carbocycles. The average Bonchev–Trinajstić information content (AvgIpc) is 3.19. The zero-order valence-electron chi connectivity index (χ0n) is 30.2. The lowest BCUT2D eigenvalue weighted by atomic mass is 9.76. The fraction of sp³-hybridized carbons (Fsp3) is 0.426. The van der Waals surface area contributed by atoms with Gasteiger partial charge in [0.25, 0.3) is 0 Å². The topological polar surface area (TPSA) is 51.2 Å². The van der Waals surface area contributed by atoms with Gasteiger partial charge in [0.1, 0.15) is 17.3 Å². The summed E-state index contributed by atoms with van der Waals surface area (Å²) in [4.78, 5) is 36.9. The second kappa shape index (κ2) is 17.2. The Morgan fingerprint density at radius 1 is 0.440 bits per heavy atom. The highest BCUT2D eigenvalue weighted by atomic mass is 16.1. The maximum atomic E-state index is 12.8. The predicted molar refractivity (Wildman–Crippen MR) is 205 cm³/mol. The third kappa shape index (κ3) is 9.16. The van der Waals surface area contributed by atoms with Crippen molar-refractivity contribution in [3.8, 4) is 22.3 Å². The number of aryl methyl sites for hydroxylation is 2. The van der Waals surface area contributed by atoms with Crippen LogP contribution in [0, 0.1) is 11.8 Å². The number of benzene rings is 4. The van der Waals surface area contributed by atoms with E-state index in [2.05, 4.69) is 97.1 Å². The first-order valence-corrected chi connectivity index (χ1v) is 19.4. The number of hydrogen-bond donors (Lipinski definition) is 0. The van der Waals surface area contributed by atoms with Crippen LogP contribution in [-0.4, -0.2) is 17.3 Å². The molecule has 0 aliphatic heterocycles. The summed E-state index contributed by atoms with van der Waals surface area (Å²) in [5.74, 6) is 2.86. The molecule has 3 heteroatoms. The molecule has 0 N–H and O–H groups in total. The zero-order valence-corrected chi connectivity index (χ0v) is 30.2. The first-order valence-electron chi connectivity index (χ1n) is 19.4. The van der Waals surface area contributed by atoms with E-state index in [-0.39, 0.29) is 11.8 Å². The number of Topliss-reactive ketones (excluding diaryl/α,β-unsaturated/α-hetero) is 3. The summed E-state index contributed by atoms with van der Waals surface area (Å²) in [7, 11) is 0. The zero-order chi connectivity index (χ0) is 34.9. The van der Waals surface area contributed by atoms with Gasteiger partial charge >= 0.3 is 0 Å². The molecule has 0 spiro atoms. The standard InChI is InChI=1S/C47H54O3/c1-3-46(49)43-27-23-41(24-28-43)39-19-15-37(16-20-39)35-11-5-33(6-12-35)9-31-45(48)32-10-34-7-13-36(14-8-34)38-17-21-40(22-18-38)42-25-29-44(30-26-42)47(50)4-2/h5-8,11-22,41-44H,3-4,9-10,23-32H2,1-2H3/t41-,42?,43-,44?. The first kappa shape index (κ1) is 35.7. The van der Waals surface area contributed by atoms with Crippen LogP contribution < -0.4 is 0 Å². The van der Waals surface area contributed by atoms with E-state index in [1.54, 1.807) is 0 Å². The van der Waals surface area contributed by atoms with Gasteiger partial charge in [-0.05, 0) is 121 Å². The molecule has 0 unspecified atom stereocenters. The molecule has 0 bridgehead atoms. The predicted octanol–water partition coefficient (Wildman–Crippen LogP) is 11.7. The van der Waals surface area contributed by atoms with E-state index in [0.29, 0.717) is 54.9 Å². The van der Waals surface area contributed by atoms with E-state index in [1.807, 2.05) is 13.8 Å². The van der Waals surface area contributed by atoms with Gasteiger partial charge in [-0.1, -0.05) is 111 Å². The van der Waals surface area contributed by atoms with Crippen molar-refractivity contribution in [2.75, 3.05) is 0 Å². The Kier molecular flexibility index (Phi) is 12.3. The van der Waals surface area contributed by atoms with E-state index in [9.17, 15) is 14.4 Å². The Morgan fingerprint density at radius 2 is 0.740 bits per heavy atom. The molecule has 4 aromatic rings. The fourth-order valence-corrected chi connectivity index (χ4v) is 8.39. The van der Waals surface area contributed by atoms with Crippen LogP contribution in [0.2, 0.25) is 0 Å². The maximum absolute atomic E-state index is 12.8. The molecule has 0 heterocycles. The lowest BCUT2D eigenvalue weighted by molar-refractivity contribution is -0.124. The monoisotopic (exact) mass is 666 g/mol. The lowest BCUT2D eigenvalue weighted by Crippen LogP contribution is -2.20. The summed E-state index contributed by atoms with van der Waals surface area (Å²) >= 11 is 0. The second-order valence-corrected chi connectivity index (χ2v) is 14.9. The molecule has 0 atom stereocenters. The van der Waals surface area contributed by atoms with Crippen LogP contribution in [0.25, 0.3) is 22.3 Å². The minimum atomic E-state index is 0.277. The minimum Gasteiger partial charge on any atom is -0.300 e. The van der Waals surface area contributed by atoms with E-state index < -0.39 is 0 Å². The van der Waals surface area contributed by atoms with Crippen molar-refractivity contribution in [2.24, 2.45) is 11.8 Å².